The number of methoxy groups -OCH3 is 1. The third kappa shape index (κ3) is 4.45. The summed E-state index contributed by atoms with van der Waals surface area (Å²) in [6.07, 6.45) is 0.908. The first-order valence-electron chi connectivity index (χ1n) is 5.93. The fourth-order valence-electron chi connectivity index (χ4n) is 1.37. The summed E-state index contributed by atoms with van der Waals surface area (Å²) >= 11 is 6.02. The Morgan fingerprint density at radius 2 is 2.22 bits per heavy atom. The van der Waals surface area contributed by atoms with Gasteiger partial charge in [0.1, 0.15) is 5.75 Å². The van der Waals surface area contributed by atoms with Crippen molar-refractivity contribution in [2.24, 2.45) is 0 Å². The van der Waals surface area contributed by atoms with E-state index >= 15 is 0 Å². The zero-order valence-electron chi connectivity index (χ0n) is 10.9. The van der Waals surface area contributed by atoms with Crippen LogP contribution in [0.25, 0.3) is 0 Å². The molecule has 0 aromatic heterocycles. The third-order valence-corrected chi connectivity index (χ3v) is 2.96. The van der Waals surface area contributed by atoms with E-state index in [0.717, 1.165) is 6.42 Å². The van der Waals surface area contributed by atoms with Gasteiger partial charge in [0, 0.05) is 12.1 Å². The highest BCUT2D eigenvalue weighted by Crippen LogP contribution is 2.26. The molecule has 0 radical (unpaired) electrons. The first-order chi connectivity index (χ1) is 8.56. The van der Waals surface area contributed by atoms with Crippen molar-refractivity contribution in [3.05, 3.63) is 23.2 Å². The van der Waals surface area contributed by atoms with Crippen molar-refractivity contribution in [2.75, 3.05) is 19.0 Å². The smallest absolute Gasteiger partial charge is 0.239 e. The molecule has 0 saturated carbocycles. The average Bonchev–Trinajstić information content (AvgIpc) is 2.37. The molecule has 1 amide bonds. The molecule has 0 saturated heterocycles. The molecule has 0 aliphatic heterocycles. The Morgan fingerprint density at radius 1 is 1.50 bits per heavy atom. The lowest BCUT2D eigenvalue weighted by Gasteiger charge is -2.13. The number of halogens is 1. The van der Waals surface area contributed by atoms with Gasteiger partial charge in [0.2, 0.25) is 5.91 Å². The molecule has 0 heterocycles. The normalized spacial score (nSPS) is 11.8. The molecule has 0 aliphatic rings. The highest BCUT2D eigenvalue weighted by atomic mass is 35.5. The zero-order valence-corrected chi connectivity index (χ0v) is 11.7. The first kappa shape index (κ1) is 14.6. The van der Waals surface area contributed by atoms with Gasteiger partial charge in [0.25, 0.3) is 0 Å². The van der Waals surface area contributed by atoms with Crippen molar-refractivity contribution in [1.82, 2.24) is 5.32 Å². The fourth-order valence-corrected chi connectivity index (χ4v) is 1.55. The molecule has 1 unspecified atom stereocenters. The van der Waals surface area contributed by atoms with E-state index in [1.54, 1.807) is 25.3 Å². The average molecular weight is 271 g/mol. The van der Waals surface area contributed by atoms with E-state index in [9.17, 15) is 4.79 Å². The quantitative estimate of drug-likeness (QED) is 0.836. The molecular formula is C13H19ClN2O2. The van der Waals surface area contributed by atoms with Gasteiger partial charge in [-0.1, -0.05) is 18.5 Å². The van der Waals surface area contributed by atoms with Crippen molar-refractivity contribution in [2.45, 2.75) is 26.3 Å². The minimum Gasteiger partial charge on any atom is -0.497 e. The van der Waals surface area contributed by atoms with Crippen molar-refractivity contribution in [3.8, 4) is 5.75 Å². The van der Waals surface area contributed by atoms with Crippen LogP contribution in [0.5, 0.6) is 5.75 Å². The number of benzene rings is 1. The lowest BCUT2D eigenvalue weighted by Crippen LogP contribution is -2.36. The molecule has 0 bridgehead atoms. The second-order valence-electron chi connectivity index (χ2n) is 4.08. The van der Waals surface area contributed by atoms with E-state index in [-0.39, 0.29) is 18.5 Å². The number of hydrogen-bond donors (Lipinski definition) is 2. The summed E-state index contributed by atoms with van der Waals surface area (Å²) < 4.78 is 5.10. The number of carbonyl (C=O) groups is 1. The van der Waals surface area contributed by atoms with Crippen LogP contribution in [-0.4, -0.2) is 25.6 Å². The van der Waals surface area contributed by atoms with E-state index in [1.807, 2.05) is 13.8 Å². The third-order valence-electron chi connectivity index (χ3n) is 2.63. The Balaban J connectivity index is 2.55. The van der Waals surface area contributed by atoms with Crippen LogP contribution < -0.4 is 15.4 Å². The molecule has 18 heavy (non-hydrogen) atoms. The first-order valence-corrected chi connectivity index (χ1v) is 6.31. The van der Waals surface area contributed by atoms with Crippen LogP contribution in [0, 0.1) is 0 Å². The highest BCUT2D eigenvalue weighted by molar-refractivity contribution is 6.33. The van der Waals surface area contributed by atoms with Gasteiger partial charge in [0.15, 0.2) is 0 Å². The lowest BCUT2D eigenvalue weighted by molar-refractivity contribution is -0.120. The molecule has 1 aromatic rings. The summed E-state index contributed by atoms with van der Waals surface area (Å²) in [6.45, 7) is 4.19. The molecule has 2 N–H and O–H groups in total. The second kappa shape index (κ2) is 7.11. The van der Waals surface area contributed by atoms with E-state index < -0.39 is 0 Å². The molecule has 1 aromatic carbocycles. The van der Waals surface area contributed by atoms with Crippen molar-refractivity contribution >= 4 is 23.2 Å². The number of ether oxygens (including phenoxy) is 1. The molecule has 1 atom stereocenters. The van der Waals surface area contributed by atoms with Crippen LogP contribution >= 0.6 is 11.6 Å². The van der Waals surface area contributed by atoms with E-state index in [0.29, 0.717) is 16.5 Å². The molecular weight excluding hydrogens is 252 g/mol. The van der Waals surface area contributed by atoms with Crippen LogP contribution in [-0.2, 0) is 4.79 Å². The number of rotatable bonds is 6. The molecule has 0 spiro atoms. The maximum Gasteiger partial charge on any atom is 0.239 e. The SMILES string of the molecule is CCC(C)NC(=O)CNc1cc(OC)ccc1Cl. The van der Waals surface area contributed by atoms with Gasteiger partial charge in [0.05, 0.1) is 24.4 Å². The monoisotopic (exact) mass is 270 g/mol. The highest BCUT2D eigenvalue weighted by Gasteiger charge is 2.07. The summed E-state index contributed by atoms with van der Waals surface area (Å²) in [5.74, 6) is 0.646. The van der Waals surface area contributed by atoms with E-state index in [1.165, 1.54) is 0 Å². The van der Waals surface area contributed by atoms with Crippen LogP contribution in [0.4, 0.5) is 5.69 Å². The predicted molar refractivity (Wildman–Crippen MR) is 74.4 cm³/mol. The lowest BCUT2D eigenvalue weighted by atomic mass is 10.2. The topological polar surface area (TPSA) is 50.4 Å². The van der Waals surface area contributed by atoms with Gasteiger partial charge < -0.3 is 15.4 Å². The Hall–Kier alpha value is -1.42. The Bertz CT molecular complexity index is 410. The predicted octanol–water partition coefficient (Wildman–Crippen LogP) is 2.68. The molecule has 4 nitrogen and oxygen atoms in total. The summed E-state index contributed by atoms with van der Waals surface area (Å²) in [5.41, 5.74) is 0.690. The molecule has 1 rings (SSSR count). The standard InChI is InChI=1S/C13H19ClN2O2/c1-4-9(2)16-13(17)8-15-12-7-10(18-3)5-6-11(12)14/h5-7,9,15H,4,8H2,1-3H3,(H,16,17). The second-order valence-corrected chi connectivity index (χ2v) is 4.48. The summed E-state index contributed by atoms with van der Waals surface area (Å²) in [7, 11) is 1.59. The number of amides is 1. The Labute approximate surface area is 113 Å². The van der Waals surface area contributed by atoms with Crippen molar-refractivity contribution in [1.29, 1.82) is 0 Å². The van der Waals surface area contributed by atoms with Gasteiger partial charge in [-0.05, 0) is 25.5 Å². The van der Waals surface area contributed by atoms with Crippen LogP contribution in [0.2, 0.25) is 5.02 Å². The van der Waals surface area contributed by atoms with Crippen molar-refractivity contribution in [3.63, 3.8) is 0 Å². The molecule has 0 fully saturated rings. The maximum absolute atomic E-state index is 11.6. The largest absolute Gasteiger partial charge is 0.497 e. The Morgan fingerprint density at radius 3 is 2.83 bits per heavy atom. The van der Waals surface area contributed by atoms with Crippen LogP contribution in [0.1, 0.15) is 20.3 Å². The van der Waals surface area contributed by atoms with Crippen LogP contribution in [0.15, 0.2) is 18.2 Å². The number of carbonyl (C=O) groups excluding carboxylic acids is 1. The molecule has 5 heteroatoms. The molecule has 100 valence electrons. The summed E-state index contributed by atoms with van der Waals surface area (Å²) in [6, 6.07) is 5.45. The minimum atomic E-state index is -0.0526. The minimum absolute atomic E-state index is 0.0526. The van der Waals surface area contributed by atoms with Gasteiger partial charge in [-0.25, -0.2) is 0 Å². The van der Waals surface area contributed by atoms with Gasteiger partial charge in [-0.3, -0.25) is 4.79 Å². The van der Waals surface area contributed by atoms with Gasteiger partial charge in [-0.15, -0.1) is 0 Å². The fraction of sp³-hybridized carbons (Fsp3) is 0.462. The Kier molecular flexibility index (Phi) is 5.78. The van der Waals surface area contributed by atoms with E-state index in [2.05, 4.69) is 10.6 Å². The van der Waals surface area contributed by atoms with Gasteiger partial charge in [-0.2, -0.15) is 0 Å². The molecule has 0 aliphatic carbocycles. The summed E-state index contributed by atoms with van der Waals surface area (Å²) in [4.78, 5) is 11.6. The van der Waals surface area contributed by atoms with Crippen molar-refractivity contribution < 1.29 is 9.53 Å². The van der Waals surface area contributed by atoms with Crippen LogP contribution in [0.3, 0.4) is 0 Å². The van der Waals surface area contributed by atoms with Gasteiger partial charge >= 0.3 is 0 Å². The number of nitrogens with one attached hydrogen (secondary N) is 2. The van der Waals surface area contributed by atoms with E-state index in [4.69, 9.17) is 16.3 Å². The zero-order chi connectivity index (χ0) is 13.5. The summed E-state index contributed by atoms with van der Waals surface area (Å²) in [5, 5.41) is 6.43. The number of anilines is 1. The maximum atomic E-state index is 11.6. The number of hydrogen-bond acceptors (Lipinski definition) is 3.